The molecule has 0 saturated heterocycles. The lowest BCUT2D eigenvalue weighted by Crippen LogP contribution is -2.25. The average Bonchev–Trinajstić information content (AvgIpc) is 2.84. The third-order valence-corrected chi connectivity index (χ3v) is 7.73. The minimum atomic E-state index is -0.642. The Morgan fingerprint density at radius 3 is 2.34 bits per heavy atom. The highest BCUT2D eigenvalue weighted by Crippen LogP contribution is 2.37. The molecule has 3 rings (SSSR count). The van der Waals surface area contributed by atoms with Gasteiger partial charge in [-0.15, -0.1) is 0 Å². The Hall–Kier alpha value is -1.66. The van der Waals surface area contributed by atoms with E-state index in [1.54, 1.807) is 6.07 Å². The van der Waals surface area contributed by atoms with Crippen LogP contribution in [-0.2, 0) is 11.2 Å². The summed E-state index contributed by atoms with van der Waals surface area (Å²) in [5.74, 6) is 1.46. The Morgan fingerprint density at radius 1 is 1.00 bits per heavy atom. The maximum atomic E-state index is 12.9. The summed E-state index contributed by atoms with van der Waals surface area (Å²) in [5, 5.41) is 8.48. The fourth-order valence-electron chi connectivity index (χ4n) is 5.55. The van der Waals surface area contributed by atoms with Gasteiger partial charge in [0.05, 0.1) is 6.10 Å². The first-order valence-electron chi connectivity index (χ1n) is 13.1. The lowest BCUT2D eigenvalue weighted by molar-refractivity contribution is -0.00824. The zero-order valence-corrected chi connectivity index (χ0v) is 20.0. The fourth-order valence-corrected chi connectivity index (χ4v) is 5.55. The number of halogens is 1. The molecule has 0 bridgehead atoms. The number of allylic oxidation sites excluding steroid dienone is 2. The highest BCUT2D eigenvalue weighted by atomic mass is 19.1. The maximum absolute atomic E-state index is 12.9. The van der Waals surface area contributed by atoms with Crippen LogP contribution in [0.15, 0.2) is 36.2 Å². The van der Waals surface area contributed by atoms with Gasteiger partial charge < -0.3 is 4.74 Å². The smallest absolute Gasteiger partial charge is 0.196 e. The highest BCUT2D eigenvalue weighted by molar-refractivity contribution is 5.26. The van der Waals surface area contributed by atoms with Crippen molar-refractivity contribution in [1.29, 1.82) is 5.26 Å². The zero-order valence-electron chi connectivity index (χ0n) is 20.0. The van der Waals surface area contributed by atoms with Gasteiger partial charge in [-0.25, -0.2) is 0 Å². The predicted molar refractivity (Wildman–Crippen MR) is 130 cm³/mol. The van der Waals surface area contributed by atoms with Gasteiger partial charge in [0.15, 0.2) is 5.83 Å². The third kappa shape index (κ3) is 8.36. The molecule has 3 heteroatoms. The minimum absolute atomic E-state index is 0.413. The minimum Gasteiger partial charge on any atom is -0.378 e. The molecule has 2 aliphatic rings. The molecule has 2 saturated carbocycles. The van der Waals surface area contributed by atoms with Crippen molar-refractivity contribution in [1.82, 2.24) is 0 Å². The van der Waals surface area contributed by atoms with E-state index < -0.39 is 5.83 Å². The number of hydrogen-bond donors (Lipinski definition) is 0. The van der Waals surface area contributed by atoms with Crippen LogP contribution >= 0.6 is 0 Å². The van der Waals surface area contributed by atoms with Crippen LogP contribution in [0.3, 0.4) is 0 Å². The van der Waals surface area contributed by atoms with Crippen LogP contribution in [0.25, 0.3) is 0 Å². The predicted octanol–water partition coefficient (Wildman–Crippen LogP) is 8.43. The lowest BCUT2D eigenvalue weighted by Gasteiger charge is -2.32. The Labute approximate surface area is 195 Å². The molecular weight excluding hydrogens is 397 g/mol. The zero-order chi connectivity index (χ0) is 22.6. The third-order valence-electron chi connectivity index (χ3n) is 7.73. The summed E-state index contributed by atoms with van der Waals surface area (Å²) in [6, 6.07) is 11.0. The van der Waals surface area contributed by atoms with Gasteiger partial charge in [0.2, 0.25) is 0 Å². The Morgan fingerprint density at radius 2 is 1.69 bits per heavy atom. The van der Waals surface area contributed by atoms with Gasteiger partial charge in [-0.3, -0.25) is 0 Å². The number of unbranched alkanes of at least 4 members (excludes halogenated alkanes) is 2. The van der Waals surface area contributed by atoms with Crippen LogP contribution in [0.4, 0.5) is 4.39 Å². The molecule has 0 amide bonds. The summed E-state index contributed by atoms with van der Waals surface area (Å²) in [5.41, 5.74) is 3.02. The Bertz CT molecular complexity index is 719. The van der Waals surface area contributed by atoms with Crippen LogP contribution in [0, 0.1) is 23.2 Å². The molecule has 0 radical (unpaired) electrons. The van der Waals surface area contributed by atoms with E-state index in [9.17, 15) is 4.39 Å². The van der Waals surface area contributed by atoms with E-state index in [1.165, 1.54) is 81.4 Å². The van der Waals surface area contributed by atoms with E-state index in [1.807, 2.05) is 0 Å². The number of aryl methyl sites for hydroxylation is 1. The van der Waals surface area contributed by atoms with E-state index in [4.69, 9.17) is 10.00 Å². The first kappa shape index (κ1) is 25.0. The van der Waals surface area contributed by atoms with Crippen molar-refractivity contribution in [3.8, 4) is 6.07 Å². The maximum Gasteiger partial charge on any atom is 0.196 e. The molecule has 2 fully saturated rings. The van der Waals surface area contributed by atoms with Gasteiger partial charge in [0.1, 0.15) is 6.07 Å². The highest BCUT2D eigenvalue weighted by Gasteiger charge is 2.25. The Balaban J connectivity index is 1.29. The average molecular weight is 440 g/mol. The SMILES string of the molecule is CCCCCc1ccc(C2CCC(COC3CCC(CCC=C(F)C#N)CC3)CC2)cc1. The molecule has 176 valence electrons. The van der Waals surface area contributed by atoms with Crippen LogP contribution in [-0.4, -0.2) is 12.7 Å². The molecule has 0 unspecified atom stereocenters. The van der Waals surface area contributed by atoms with Crippen LogP contribution in [0.5, 0.6) is 0 Å². The van der Waals surface area contributed by atoms with Crippen LogP contribution in [0.2, 0.25) is 0 Å². The van der Waals surface area contributed by atoms with E-state index in [-0.39, 0.29) is 0 Å². The van der Waals surface area contributed by atoms with Crippen molar-refractivity contribution in [2.24, 2.45) is 11.8 Å². The van der Waals surface area contributed by atoms with Gasteiger partial charge in [-0.1, -0.05) is 44.0 Å². The van der Waals surface area contributed by atoms with E-state index in [2.05, 4.69) is 31.2 Å². The van der Waals surface area contributed by atoms with Crippen molar-refractivity contribution in [2.45, 2.75) is 109 Å². The molecule has 0 aromatic heterocycles. The molecule has 0 N–H and O–H groups in total. The second-order valence-corrected chi connectivity index (χ2v) is 10.1. The van der Waals surface area contributed by atoms with E-state index >= 15 is 0 Å². The quantitative estimate of drug-likeness (QED) is 0.256. The summed E-state index contributed by atoms with van der Waals surface area (Å²) in [6.45, 7) is 3.19. The van der Waals surface area contributed by atoms with E-state index in [0.29, 0.717) is 18.4 Å². The lowest BCUT2D eigenvalue weighted by atomic mass is 9.78. The molecule has 0 atom stereocenters. The number of rotatable bonds is 11. The Kier molecular flexibility index (Phi) is 10.8. The molecule has 1 aromatic carbocycles. The molecular formula is C29H42FNO. The number of hydrogen-bond acceptors (Lipinski definition) is 2. The summed E-state index contributed by atoms with van der Waals surface area (Å²) >= 11 is 0. The molecule has 0 heterocycles. The van der Waals surface area contributed by atoms with Crippen molar-refractivity contribution >= 4 is 0 Å². The topological polar surface area (TPSA) is 33.0 Å². The number of benzene rings is 1. The second kappa shape index (κ2) is 13.8. The van der Waals surface area contributed by atoms with Gasteiger partial charge in [-0.05, 0) is 112 Å². The van der Waals surface area contributed by atoms with E-state index in [0.717, 1.165) is 37.7 Å². The number of nitriles is 1. The molecule has 0 spiro atoms. The van der Waals surface area contributed by atoms with Gasteiger partial charge >= 0.3 is 0 Å². The second-order valence-electron chi connectivity index (χ2n) is 10.1. The molecule has 32 heavy (non-hydrogen) atoms. The fraction of sp³-hybridized carbons (Fsp3) is 0.690. The summed E-state index contributed by atoms with van der Waals surface area (Å²) < 4.78 is 19.2. The summed E-state index contributed by atoms with van der Waals surface area (Å²) in [4.78, 5) is 0. The first-order chi connectivity index (χ1) is 15.7. The van der Waals surface area contributed by atoms with Crippen molar-refractivity contribution in [3.63, 3.8) is 0 Å². The normalized spacial score (nSPS) is 26.6. The van der Waals surface area contributed by atoms with Crippen LogP contribution in [0.1, 0.15) is 107 Å². The van der Waals surface area contributed by atoms with Crippen molar-refractivity contribution in [3.05, 3.63) is 47.3 Å². The largest absolute Gasteiger partial charge is 0.378 e. The van der Waals surface area contributed by atoms with Crippen molar-refractivity contribution in [2.75, 3.05) is 6.61 Å². The molecule has 2 nitrogen and oxygen atoms in total. The molecule has 2 aliphatic carbocycles. The summed E-state index contributed by atoms with van der Waals surface area (Å²) in [6.07, 6.45) is 18.4. The first-order valence-corrected chi connectivity index (χ1v) is 13.1. The standard InChI is InChI=1S/C29H42FNO/c1-2-3-4-6-23-9-15-26(16-10-23)27-17-11-25(12-18-27)22-32-29-19-13-24(14-20-29)7-5-8-28(30)21-31/h8-10,15-16,24-25,27,29H,2-7,11-14,17-20,22H2,1H3. The van der Waals surface area contributed by atoms with Crippen LogP contribution < -0.4 is 0 Å². The monoisotopic (exact) mass is 439 g/mol. The number of ether oxygens (including phenoxy) is 1. The van der Waals surface area contributed by atoms with Gasteiger partial charge in [0, 0.05) is 6.61 Å². The number of nitrogens with zero attached hydrogens (tertiary/aromatic N) is 1. The molecule has 1 aromatic rings. The molecule has 0 aliphatic heterocycles. The van der Waals surface area contributed by atoms with Crippen molar-refractivity contribution < 1.29 is 9.13 Å². The van der Waals surface area contributed by atoms with Gasteiger partial charge in [-0.2, -0.15) is 9.65 Å². The summed E-state index contributed by atoms with van der Waals surface area (Å²) in [7, 11) is 0. The van der Waals surface area contributed by atoms with Gasteiger partial charge in [0.25, 0.3) is 0 Å².